The molecule has 0 saturated carbocycles. The average molecular weight is 305 g/mol. The third-order valence-corrected chi connectivity index (χ3v) is 3.60. The lowest BCUT2D eigenvalue weighted by atomic mass is 10.2. The number of ether oxygens (including phenoxy) is 2. The van der Waals surface area contributed by atoms with Gasteiger partial charge in [-0.1, -0.05) is 6.07 Å². The molecule has 0 aliphatic heterocycles. The van der Waals surface area contributed by atoms with Gasteiger partial charge >= 0.3 is 0 Å². The molecule has 1 aromatic heterocycles. The Labute approximate surface area is 126 Å². The van der Waals surface area contributed by atoms with Gasteiger partial charge in [-0.3, -0.25) is 9.59 Å². The summed E-state index contributed by atoms with van der Waals surface area (Å²) in [6, 6.07) is 8.66. The van der Waals surface area contributed by atoms with E-state index in [1.807, 2.05) is 17.5 Å². The van der Waals surface area contributed by atoms with Crippen molar-refractivity contribution in [3.8, 4) is 11.5 Å². The summed E-state index contributed by atoms with van der Waals surface area (Å²) in [6.07, 6.45) is 0.722. The van der Waals surface area contributed by atoms with Crippen molar-refractivity contribution in [1.82, 2.24) is 5.32 Å². The second-order valence-electron chi connectivity index (χ2n) is 4.17. The van der Waals surface area contributed by atoms with E-state index < -0.39 is 0 Å². The molecular formula is C15H15NO4S. The minimum absolute atomic E-state index is 0.109. The van der Waals surface area contributed by atoms with Crippen molar-refractivity contribution < 1.29 is 19.1 Å². The van der Waals surface area contributed by atoms with Crippen molar-refractivity contribution >= 4 is 23.5 Å². The number of hydrogen-bond acceptors (Lipinski definition) is 5. The maximum Gasteiger partial charge on any atom is 0.258 e. The molecule has 6 heteroatoms. The summed E-state index contributed by atoms with van der Waals surface area (Å²) < 4.78 is 10.5. The fourth-order valence-corrected chi connectivity index (χ4v) is 2.31. The largest absolute Gasteiger partial charge is 0.493 e. The first-order valence-corrected chi connectivity index (χ1v) is 7.16. The van der Waals surface area contributed by atoms with E-state index in [1.165, 1.54) is 7.11 Å². The molecule has 0 bridgehead atoms. The van der Waals surface area contributed by atoms with Gasteiger partial charge in [0.05, 0.1) is 13.7 Å². The molecule has 0 radical (unpaired) electrons. The molecule has 0 aliphatic rings. The minimum atomic E-state index is -0.218. The molecule has 0 spiro atoms. The number of thiophene rings is 1. The number of aldehydes is 1. The Hall–Kier alpha value is -2.34. The Morgan fingerprint density at radius 3 is 2.86 bits per heavy atom. The zero-order valence-corrected chi connectivity index (χ0v) is 12.3. The molecule has 1 N–H and O–H groups in total. The van der Waals surface area contributed by atoms with Crippen LogP contribution in [0.25, 0.3) is 0 Å². The second kappa shape index (κ2) is 7.44. The van der Waals surface area contributed by atoms with Crippen molar-refractivity contribution in [1.29, 1.82) is 0 Å². The smallest absolute Gasteiger partial charge is 0.258 e. The van der Waals surface area contributed by atoms with E-state index in [-0.39, 0.29) is 12.5 Å². The Kier molecular flexibility index (Phi) is 5.34. The van der Waals surface area contributed by atoms with Crippen LogP contribution in [-0.4, -0.2) is 25.9 Å². The van der Waals surface area contributed by atoms with Gasteiger partial charge in [0.2, 0.25) is 0 Å². The molecule has 1 amide bonds. The van der Waals surface area contributed by atoms with Crippen molar-refractivity contribution in [2.75, 3.05) is 13.7 Å². The molecule has 0 fully saturated rings. The highest BCUT2D eigenvalue weighted by Crippen LogP contribution is 2.27. The number of rotatable bonds is 7. The number of amides is 1. The Bertz CT molecular complexity index is 610. The van der Waals surface area contributed by atoms with Crippen LogP contribution in [0.1, 0.15) is 15.2 Å². The first-order valence-electron chi connectivity index (χ1n) is 6.28. The SMILES string of the molecule is COc1cc(C=O)ccc1OCC(=O)NCc1cccs1. The van der Waals surface area contributed by atoms with Crippen LogP contribution in [0.3, 0.4) is 0 Å². The number of carbonyl (C=O) groups excluding carboxylic acids is 2. The Balaban J connectivity index is 1.87. The number of methoxy groups -OCH3 is 1. The molecule has 5 nitrogen and oxygen atoms in total. The predicted octanol–water partition coefficient (Wildman–Crippen LogP) is 2.26. The molecule has 0 aliphatic carbocycles. The van der Waals surface area contributed by atoms with E-state index >= 15 is 0 Å². The van der Waals surface area contributed by atoms with Crippen LogP contribution in [-0.2, 0) is 11.3 Å². The fraction of sp³-hybridized carbons (Fsp3) is 0.200. The predicted molar refractivity (Wildman–Crippen MR) is 80.0 cm³/mol. The molecule has 110 valence electrons. The molecule has 0 unspecified atom stereocenters. The van der Waals surface area contributed by atoms with Gasteiger partial charge in [0.25, 0.3) is 5.91 Å². The van der Waals surface area contributed by atoms with Gasteiger partial charge in [-0.05, 0) is 29.6 Å². The third-order valence-electron chi connectivity index (χ3n) is 2.72. The van der Waals surface area contributed by atoms with Crippen LogP contribution >= 0.6 is 11.3 Å². The maximum atomic E-state index is 11.7. The summed E-state index contributed by atoms with van der Waals surface area (Å²) in [5.41, 5.74) is 0.487. The van der Waals surface area contributed by atoms with Crippen molar-refractivity contribution in [2.45, 2.75) is 6.54 Å². The van der Waals surface area contributed by atoms with Gasteiger partial charge in [-0.2, -0.15) is 0 Å². The van der Waals surface area contributed by atoms with E-state index in [0.717, 1.165) is 11.2 Å². The molecule has 2 rings (SSSR count). The Morgan fingerprint density at radius 2 is 2.19 bits per heavy atom. The fourth-order valence-electron chi connectivity index (χ4n) is 1.67. The summed E-state index contributed by atoms with van der Waals surface area (Å²) in [6.45, 7) is 0.378. The van der Waals surface area contributed by atoms with Gasteiger partial charge in [0.15, 0.2) is 18.1 Å². The lowest BCUT2D eigenvalue weighted by molar-refractivity contribution is -0.123. The number of benzene rings is 1. The summed E-state index contributed by atoms with van der Waals surface area (Å²) in [4.78, 5) is 23.5. The molecular weight excluding hydrogens is 290 g/mol. The average Bonchev–Trinajstić information content (AvgIpc) is 3.04. The van der Waals surface area contributed by atoms with E-state index in [9.17, 15) is 9.59 Å². The van der Waals surface area contributed by atoms with Crippen LogP contribution in [0.4, 0.5) is 0 Å². The summed E-state index contributed by atoms with van der Waals surface area (Å²) in [5, 5.41) is 4.72. The first-order chi connectivity index (χ1) is 10.2. The van der Waals surface area contributed by atoms with E-state index in [2.05, 4.69) is 5.32 Å². The zero-order chi connectivity index (χ0) is 15.1. The van der Waals surface area contributed by atoms with Crippen LogP contribution < -0.4 is 14.8 Å². The summed E-state index contributed by atoms with van der Waals surface area (Å²) >= 11 is 1.58. The van der Waals surface area contributed by atoms with Gasteiger partial charge in [0, 0.05) is 10.4 Å². The van der Waals surface area contributed by atoms with E-state index in [0.29, 0.717) is 23.6 Å². The number of hydrogen-bond donors (Lipinski definition) is 1. The molecule has 1 heterocycles. The van der Waals surface area contributed by atoms with Crippen LogP contribution in [0.2, 0.25) is 0 Å². The molecule has 21 heavy (non-hydrogen) atoms. The van der Waals surface area contributed by atoms with Crippen LogP contribution in [0.15, 0.2) is 35.7 Å². The molecule has 1 aromatic carbocycles. The lowest BCUT2D eigenvalue weighted by Crippen LogP contribution is -2.28. The third kappa shape index (κ3) is 4.32. The minimum Gasteiger partial charge on any atom is -0.493 e. The van der Waals surface area contributed by atoms with Gasteiger partial charge < -0.3 is 14.8 Å². The van der Waals surface area contributed by atoms with Crippen molar-refractivity contribution in [2.24, 2.45) is 0 Å². The van der Waals surface area contributed by atoms with Gasteiger partial charge in [0.1, 0.15) is 6.29 Å². The highest BCUT2D eigenvalue weighted by molar-refractivity contribution is 7.09. The number of carbonyl (C=O) groups is 2. The second-order valence-corrected chi connectivity index (χ2v) is 5.21. The van der Waals surface area contributed by atoms with Gasteiger partial charge in [-0.15, -0.1) is 11.3 Å². The Morgan fingerprint density at radius 1 is 1.33 bits per heavy atom. The van der Waals surface area contributed by atoms with Crippen molar-refractivity contribution in [3.05, 3.63) is 46.2 Å². The first kappa shape index (κ1) is 15.1. The maximum absolute atomic E-state index is 11.7. The number of nitrogens with one attached hydrogen (secondary N) is 1. The molecule has 0 atom stereocenters. The quantitative estimate of drug-likeness (QED) is 0.797. The molecule has 2 aromatic rings. The lowest BCUT2D eigenvalue weighted by Gasteiger charge is -2.11. The topological polar surface area (TPSA) is 64.6 Å². The van der Waals surface area contributed by atoms with E-state index in [4.69, 9.17) is 9.47 Å². The van der Waals surface area contributed by atoms with Crippen molar-refractivity contribution in [3.63, 3.8) is 0 Å². The highest BCUT2D eigenvalue weighted by atomic mass is 32.1. The highest BCUT2D eigenvalue weighted by Gasteiger charge is 2.08. The molecule has 0 saturated heterocycles. The summed E-state index contributed by atoms with van der Waals surface area (Å²) in [5.74, 6) is 0.630. The zero-order valence-electron chi connectivity index (χ0n) is 11.5. The van der Waals surface area contributed by atoms with Crippen LogP contribution in [0, 0.1) is 0 Å². The van der Waals surface area contributed by atoms with Crippen LogP contribution in [0.5, 0.6) is 11.5 Å². The monoisotopic (exact) mass is 305 g/mol. The van der Waals surface area contributed by atoms with E-state index in [1.54, 1.807) is 29.5 Å². The standard InChI is InChI=1S/C15H15NO4S/c1-19-14-7-11(9-17)4-5-13(14)20-10-15(18)16-8-12-3-2-6-21-12/h2-7,9H,8,10H2,1H3,(H,16,18). The normalized spacial score (nSPS) is 9.95. The van der Waals surface area contributed by atoms with Gasteiger partial charge in [-0.25, -0.2) is 0 Å². The summed E-state index contributed by atoms with van der Waals surface area (Å²) in [7, 11) is 1.48.